The number of hydrogen-bond donors (Lipinski definition) is 0. The third-order valence-corrected chi connectivity index (χ3v) is 13.8. The summed E-state index contributed by atoms with van der Waals surface area (Å²) in [4.78, 5) is 0. The van der Waals surface area contributed by atoms with E-state index in [9.17, 15) is 0 Å². The highest BCUT2D eigenvalue weighted by molar-refractivity contribution is 6.24. The molecular formula is C61H40O. The molecule has 62 heavy (non-hydrogen) atoms. The van der Waals surface area contributed by atoms with Gasteiger partial charge in [0.2, 0.25) is 0 Å². The van der Waals surface area contributed by atoms with Gasteiger partial charge in [-0.2, -0.15) is 0 Å². The van der Waals surface area contributed by atoms with E-state index in [1.54, 1.807) is 0 Å². The number of fused-ring (bicyclic) bond motifs is 10. The normalized spacial score (nSPS) is 13.1. The summed E-state index contributed by atoms with van der Waals surface area (Å²) in [5.41, 5.74) is 17.0. The number of para-hydroxylation sites is 1. The standard InChI is InChI=1S/C61H40O/c1-61(2)55-34-41(28-29-46(55)53-36-58-54(35-56(53)61)47-18-12-13-23-57(47)62-58)43-30-31-52(45-17-7-6-16-44(43)45)60-50-21-10-8-19-48(50)59(49-20-9-11-22-51(49)60)42-27-26-39-32-38(24-25-40(39)33-42)37-14-4-3-5-15-37/h3-36H,1-2H3. The van der Waals surface area contributed by atoms with Gasteiger partial charge in [-0.05, 0) is 146 Å². The fourth-order valence-electron chi connectivity index (χ4n) is 10.8. The average Bonchev–Trinajstić information content (AvgIpc) is 3.80. The predicted molar refractivity (Wildman–Crippen MR) is 263 cm³/mol. The largest absolute Gasteiger partial charge is 0.456 e. The van der Waals surface area contributed by atoms with Crippen molar-refractivity contribution in [3.05, 3.63) is 217 Å². The number of furan rings is 1. The predicted octanol–water partition coefficient (Wildman–Crippen LogP) is 17.2. The Hall–Kier alpha value is -7.74. The first-order chi connectivity index (χ1) is 30.5. The van der Waals surface area contributed by atoms with Gasteiger partial charge in [0.05, 0.1) is 0 Å². The molecule has 0 saturated carbocycles. The molecule has 0 spiro atoms. The molecule has 0 radical (unpaired) electrons. The van der Waals surface area contributed by atoms with Crippen LogP contribution >= 0.6 is 0 Å². The summed E-state index contributed by atoms with van der Waals surface area (Å²) in [6.07, 6.45) is 0. The van der Waals surface area contributed by atoms with E-state index in [0.717, 1.165) is 11.2 Å². The Kier molecular flexibility index (Phi) is 7.42. The number of hydrogen-bond acceptors (Lipinski definition) is 1. The molecule has 0 atom stereocenters. The minimum atomic E-state index is -0.168. The lowest BCUT2D eigenvalue weighted by atomic mass is 9.80. The summed E-state index contributed by atoms with van der Waals surface area (Å²) in [6.45, 7) is 4.74. The van der Waals surface area contributed by atoms with Gasteiger partial charge in [-0.25, -0.2) is 0 Å². The average molecular weight is 789 g/mol. The Balaban J connectivity index is 0.961. The van der Waals surface area contributed by atoms with Crippen molar-refractivity contribution >= 4 is 65.0 Å². The molecule has 0 amide bonds. The SMILES string of the molecule is CC1(C)c2cc(-c3ccc(-c4c5ccccc5c(-c5ccc6cc(-c7ccccc7)ccc6c5)c5ccccc45)c4ccccc34)ccc2-c2cc3oc4ccccc4c3cc21. The highest BCUT2D eigenvalue weighted by Gasteiger charge is 2.36. The molecule has 0 fully saturated rings. The lowest BCUT2D eigenvalue weighted by molar-refractivity contribution is 0.658. The van der Waals surface area contributed by atoms with Crippen LogP contribution in [-0.2, 0) is 5.41 Å². The molecule has 11 aromatic carbocycles. The number of benzene rings is 11. The van der Waals surface area contributed by atoms with Crippen LogP contribution in [0.4, 0.5) is 0 Å². The van der Waals surface area contributed by atoms with E-state index in [1.165, 1.54) is 121 Å². The van der Waals surface area contributed by atoms with Gasteiger partial charge in [0.15, 0.2) is 0 Å². The molecule has 13 rings (SSSR count). The fraction of sp³-hybridized carbons (Fsp3) is 0.0492. The van der Waals surface area contributed by atoms with Crippen LogP contribution in [0.1, 0.15) is 25.0 Å². The third kappa shape index (κ3) is 5.09. The molecule has 1 aliphatic carbocycles. The van der Waals surface area contributed by atoms with E-state index in [1.807, 2.05) is 6.07 Å². The summed E-state index contributed by atoms with van der Waals surface area (Å²) < 4.78 is 6.36. The van der Waals surface area contributed by atoms with Gasteiger partial charge in [0, 0.05) is 16.2 Å². The molecule has 1 aromatic heterocycles. The van der Waals surface area contributed by atoms with E-state index in [0.29, 0.717) is 0 Å². The van der Waals surface area contributed by atoms with E-state index < -0.39 is 0 Å². The number of rotatable bonds is 4. The van der Waals surface area contributed by atoms with Crippen molar-refractivity contribution in [2.75, 3.05) is 0 Å². The first-order valence-corrected chi connectivity index (χ1v) is 21.7. The second-order valence-electron chi connectivity index (χ2n) is 17.6. The summed E-state index contributed by atoms with van der Waals surface area (Å²) in [6, 6.07) is 76.3. The molecule has 290 valence electrons. The molecular weight excluding hydrogens is 749 g/mol. The second kappa shape index (κ2) is 13.1. The first kappa shape index (κ1) is 35.1. The Labute approximate surface area is 360 Å². The Bertz CT molecular complexity index is 3770. The summed E-state index contributed by atoms with van der Waals surface area (Å²) in [7, 11) is 0. The van der Waals surface area contributed by atoms with Gasteiger partial charge in [-0.15, -0.1) is 0 Å². The van der Waals surface area contributed by atoms with E-state index in [-0.39, 0.29) is 5.41 Å². The van der Waals surface area contributed by atoms with E-state index >= 15 is 0 Å². The fourth-order valence-corrected chi connectivity index (χ4v) is 10.8. The van der Waals surface area contributed by atoms with Crippen LogP contribution in [0, 0.1) is 0 Å². The lowest BCUT2D eigenvalue weighted by Crippen LogP contribution is -2.15. The minimum Gasteiger partial charge on any atom is -0.456 e. The Morgan fingerprint density at radius 1 is 0.290 bits per heavy atom. The van der Waals surface area contributed by atoms with Crippen molar-refractivity contribution in [2.24, 2.45) is 0 Å². The highest BCUT2D eigenvalue weighted by Crippen LogP contribution is 2.53. The first-order valence-electron chi connectivity index (χ1n) is 21.7. The molecule has 12 aromatic rings. The maximum absolute atomic E-state index is 6.36. The van der Waals surface area contributed by atoms with Crippen LogP contribution in [0.5, 0.6) is 0 Å². The maximum Gasteiger partial charge on any atom is 0.136 e. The van der Waals surface area contributed by atoms with Crippen molar-refractivity contribution in [1.29, 1.82) is 0 Å². The molecule has 0 saturated heterocycles. The van der Waals surface area contributed by atoms with Gasteiger partial charge < -0.3 is 4.42 Å². The summed E-state index contributed by atoms with van der Waals surface area (Å²) >= 11 is 0. The Morgan fingerprint density at radius 2 is 0.806 bits per heavy atom. The van der Waals surface area contributed by atoms with E-state index in [2.05, 4.69) is 214 Å². The monoisotopic (exact) mass is 788 g/mol. The zero-order chi connectivity index (χ0) is 41.1. The van der Waals surface area contributed by atoms with Gasteiger partial charge in [0.25, 0.3) is 0 Å². The maximum atomic E-state index is 6.36. The Morgan fingerprint density at radius 3 is 1.52 bits per heavy atom. The molecule has 0 N–H and O–H groups in total. The van der Waals surface area contributed by atoms with Crippen molar-refractivity contribution in [3.8, 4) is 55.6 Å². The van der Waals surface area contributed by atoms with Crippen LogP contribution in [0.2, 0.25) is 0 Å². The van der Waals surface area contributed by atoms with Crippen LogP contribution in [-0.4, -0.2) is 0 Å². The second-order valence-corrected chi connectivity index (χ2v) is 17.6. The molecule has 0 bridgehead atoms. The van der Waals surface area contributed by atoms with Crippen molar-refractivity contribution in [3.63, 3.8) is 0 Å². The van der Waals surface area contributed by atoms with Crippen LogP contribution in [0.25, 0.3) is 121 Å². The topological polar surface area (TPSA) is 13.1 Å². The minimum absolute atomic E-state index is 0.168. The molecule has 0 unspecified atom stereocenters. The van der Waals surface area contributed by atoms with Crippen molar-refractivity contribution in [1.82, 2.24) is 0 Å². The van der Waals surface area contributed by atoms with Gasteiger partial charge in [-0.1, -0.05) is 184 Å². The molecule has 0 aliphatic heterocycles. The van der Waals surface area contributed by atoms with E-state index in [4.69, 9.17) is 4.42 Å². The third-order valence-electron chi connectivity index (χ3n) is 13.8. The summed E-state index contributed by atoms with van der Waals surface area (Å²) in [5.74, 6) is 0. The lowest BCUT2D eigenvalue weighted by Gasteiger charge is -2.22. The van der Waals surface area contributed by atoms with Gasteiger partial charge in [-0.3, -0.25) is 0 Å². The zero-order valence-electron chi connectivity index (χ0n) is 34.5. The van der Waals surface area contributed by atoms with Crippen molar-refractivity contribution in [2.45, 2.75) is 19.3 Å². The van der Waals surface area contributed by atoms with Gasteiger partial charge in [0.1, 0.15) is 11.2 Å². The highest BCUT2D eigenvalue weighted by atomic mass is 16.3. The summed E-state index contributed by atoms with van der Waals surface area (Å²) in [5, 5.41) is 12.4. The zero-order valence-corrected chi connectivity index (χ0v) is 34.5. The molecule has 1 heterocycles. The molecule has 1 heteroatoms. The van der Waals surface area contributed by atoms with Gasteiger partial charge >= 0.3 is 0 Å². The van der Waals surface area contributed by atoms with Crippen LogP contribution in [0.3, 0.4) is 0 Å². The molecule has 1 nitrogen and oxygen atoms in total. The quantitative estimate of drug-likeness (QED) is 0.162. The van der Waals surface area contributed by atoms with Crippen LogP contribution in [0.15, 0.2) is 211 Å². The smallest absolute Gasteiger partial charge is 0.136 e. The van der Waals surface area contributed by atoms with Crippen LogP contribution < -0.4 is 0 Å². The molecule has 1 aliphatic rings. The van der Waals surface area contributed by atoms with Crippen molar-refractivity contribution < 1.29 is 4.42 Å².